The second-order valence-corrected chi connectivity index (χ2v) is 22.3. The molecule has 6 fully saturated rings. The van der Waals surface area contributed by atoms with Gasteiger partial charge in [0.25, 0.3) is 11.8 Å². The molecule has 20 heteroatoms. The molecule has 1 atom stereocenters. The molecule has 2 aliphatic carbocycles. The zero-order valence-electron chi connectivity index (χ0n) is 43.2. The summed E-state index contributed by atoms with van der Waals surface area (Å²) in [4.78, 5) is 83.1. The van der Waals surface area contributed by atoms with Crippen molar-refractivity contribution in [3.63, 3.8) is 0 Å². The highest BCUT2D eigenvalue weighted by Crippen LogP contribution is 2.60. The Morgan fingerprint density at radius 3 is 2.36 bits per heavy atom. The van der Waals surface area contributed by atoms with Crippen molar-refractivity contribution < 1.29 is 37.5 Å². The van der Waals surface area contributed by atoms with E-state index in [0.29, 0.717) is 107 Å². The van der Waals surface area contributed by atoms with E-state index < -0.39 is 35.0 Å². The fraction of sp³-hybridized carbons (Fsp3) is 0.474. The van der Waals surface area contributed by atoms with Crippen molar-refractivity contribution in [3.05, 3.63) is 107 Å². The third-order valence-electron chi connectivity index (χ3n) is 17.6. The number of fused-ring (bicyclic) bond motifs is 2. The lowest BCUT2D eigenvalue weighted by Gasteiger charge is -2.61. The minimum atomic E-state index is -0.791. The van der Waals surface area contributed by atoms with Crippen molar-refractivity contribution in [2.24, 2.45) is 11.3 Å². The zero-order chi connectivity index (χ0) is 53.2. The number of nitriles is 1. The molecule has 5 amide bonds. The number of rotatable bonds is 12. The van der Waals surface area contributed by atoms with Gasteiger partial charge in [-0.15, -0.1) is 0 Å². The first-order valence-electron chi connectivity index (χ1n) is 27.1. The molecule has 4 saturated heterocycles. The van der Waals surface area contributed by atoms with Gasteiger partial charge in [0.15, 0.2) is 0 Å². The molecule has 7 aliphatic rings. The Morgan fingerprint density at radius 1 is 0.870 bits per heavy atom. The Balaban J connectivity index is 0.626. The van der Waals surface area contributed by atoms with Gasteiger partial charge in [-0.3, -0.25) is 39.1 Å². The summed E-state index contributed by atoms with van der Waals surface area (Å²) in [6.45, 7) is 10.3. The van der Waals surface area contributed by atoms with Crippen LogP contribution in [0.3, 0.4) is 0 Å². The van der Waals surface area contributed by atoms with Gasteiger partial charge in [0, 0.05) is 125 Å². The van der Waals surface area contributed by atoms with Crippen molar-refractivity contribution in [3.8, 4) is 22.9 Å². The van der Waals surface area contributed by atoms with Gasteiger partial charge in [0.05, 0.1) is 41.2 Å². The van der Waals surface area contributed by atoms with Crippen molar-refractivity contribution in [1.82, 2.24) is 44.8 Å². The molecule has 2 aromatic carbocycles. The number of hydrogen-bond acceptors (Lipinski definition) is 13. The van der Waals surface area contributed by atoms with Gasteiger partial charge in [-0.2, -0.15) is 10.4 Å². The highest BCUT2D eigenvalue weighted by molar-refractivity contribution is 6.05. The van der Waals surface area contributed by atoms with Gasteiger partial charge in [0.1, 0.15) is 35.3 Å². The van der Waals surface area contributed by atoms with Crippen molar-refractivity contribution >= 4 is 46.6 Å². The number of piperidine rings is 2. The molecule has 2 saturated carbocycles. The molecule has 18 nitrogen and oxygen atoms in total. The van der Waals surface area contributed by atoms with Gasteiger partial charge >= 0.3 is 0 Å². The topological polar surface area (TPSA) is 192 Å². The Hall–Kier alpha value is -7.50. The second-order valence-electron chi connectivity index (χ2n) is 22.3. The summed E-state index contributed by atoms with van der Waals surface area (Å²) in [5.41, 5.74) is 4.39. The van der Waals surface area contributed by atoms with E-state index in [0.717, 1.165) is 98.3 Å². The van der Waals surface area contributed by atoms with Crippen LogP contribution < -0.4 is 25.2 Å². The SMILES string of the molecule is CCOc1cc(-c2ccc(N3CCC(CN4CCN(C(=O)C5CC6(C5)CC(N5CCN(c7ccc8c(c7)CN(C7CCC(=O)NC7=O)C8=O)CC5)C6)CC4)(NC(=O)c4cc(F)ccc4F)CC3)nc2)c2c(C#N)cnn2c1. The first kappa shape index (κ1) is 50.3. The maximum atomic E-state index is 15.0. The highest BCUT2D eigenvalue weighted by atomic mass is 19.1. The maximum absolute atomic E-state index is 15.0. The monoisotopic (exact) mass is 1050 g/mol. The number of imide groups is 1. The standard InChI is InChI=1S/C57H62F2N12O6/c1-2-77-43-25-45(51-39(30-60)32-62-71(51)34-43)36-3-9-49(61-31-36)68-13-11-57(12-14-68,64-52(73)46-24-40(58)4-7-47(46)59)35-65-15-17-69(18-16-65)54(75)38-26-56(27-38)28-42(29-56)67-21-19-66(20-22-67)41-5-6-44-37(23-41)33-70(55(44)76)48-8-10-50(72)63-53(48)74/h3-7,9,23-25,31-32,34,38,42,48H,2,8,10-22,26-29,33,35H2,1H3,(H,64,73)(H,63,72,74). The van der Waals surface area contributed by atoms with Gasteiger partial charge in [-0.05, 0) is 117 Å². The van der Waals surface area contributed by atoms with E-state index in [-0.39, 0.29) is 41.0 Å². The number of benzene rings is 2. The summed E-state index contributed by atoms with van der Waals surface area (Å²) in [5, 5.41) is 19.7. The number of halogens is 2. The molecule has 0 radical (unpaired) electrons. The van der Waals surface area contributed by atoms with Crippen LogP contribution in [0.1, 0.15) is 90.1 Å². The molecule has 77 heavy (non-hydrogen) atoms. The number of piperazine rings is 2. The first-order valence-corrected chi connectivity index (χ1v) is 27.1. The Morgan fingerprint density at radius 2 is 1.65 bits per heavy atom. The van der Waals surface area contributed by atoms with Gasteiger partial charge in [0.2, 0.25) is 17.7 Å². The second kappa shape index (κ2) is 20.1. The van der Waals surface area contributed by atoms with Crippen molar-refractivity contribution in [2.45, 2.75) is 82.5 Å². The molecular weight excluding hydrogens is 987 g/mol. The van der Waals surface area contributed by atoms with E-state index >= 15 is 0 Å². The van der Waals surface area contributed by atoms with Crippen LogP contribution in [0.2, 0.25) is 0 Å². The third-order valence-corrected chi connectivity index (χ3v) is 17.6. The largest absolute Gasteiger partial charge is 0.492 e. The lowest BCUT2D eigenvalue weighted by atomic mass is 9.49. The summed E-state index contributed by atoms with van der Waals surface area (Å²) in [6.07, 6.45) is 10.7. The molecule has 12 rings (SSSR count). The van der Waals surface area contributed by atoms with Crippen LogP contribution in [0.4, 0.5) is 20.3 Å². The molecule has 2 N–H and O–H groups in total. The summed E-state index contributed by atoms with van der Waals surface area (Å²) < 4.78 is 36.8. The van der Waals surface area contributed by atoms with Crippen LogP contribution in [-0.2, 0) is 20.9 Å². The smallest absolute Gasteiger partial charge is 0.255 e. The van der Waals surface area contributed by atoms with Crippen LogP contribution >= 0.6 is 0 Å². The van der Waals surface area contributed by atoms with E-state index in [9.17, 15) is 38.0 Å². The Bertz CT molecular complexity index is 3200. The van der Waals surface area contributed by atoms with E-state index in [2.05, 4.69) is 47.5 Å². The molecule has 5 aromatic rings. The fourth-order valence-electron chi connectivity index (χ4n) is 13.5. The van der Waals surface area contributed by atoms with Crippen LogP contribution in [0, 0.1) is 34.3 Å². The fourth-order valence-corrected chi connectivity index (χ4v) is 13.5. The molecular formula is C57H62F2N12O6. The molecule has 1 spiro atoms. The average molecular weight is 1050 g/mol. The predicted octanol–water partition coefficient (Wildman–Crippen LogP) is 5.00. The van der Waals surface area contributed by atoms with E-state index in [4.69, 9.17) is 9.72 Å². The summed E-state index contributed by atoms with van der Waals surface area (Å²) in [6, 6.07) is 16.8. The highest BCUT2D eigenvalue weighted by Gasteiger charge is 2.57. The van der Waals surface area contributed by atoms with Gasteiger partial charge < -0.3 is 29.7 Å². The average Bonchev–Trinajstić information content (AvgIpc) is 4.03. The summed E-state index contributed by atoms with van der Waals surface area (Å²) >= 11 is 0. The number of nitrogens with one attached hydrogen (secondary N) is 2. The predicted molar refractivity (Wildman–Crippen MR) is 280 cm³/mol. The number of pyridine rings is 2. The van der Waals surface area contributed by atoms with E-state index in [1.165, 1.54) is 6.20 Å². The molecule has 1 unspecified atom stereocenters. The summed E-state index contributed by atoms with van der Waals surface area (Å²) in [5.74, 6) is -1.41. The molecule has 400 valence electrons. The number of hydrogen-bond donors (Lipinski definition) is 2. The Labute approximate surface area is 444 Å². The Kier molecular flexibility index (Phi) is 13.2. The number of aromatic nitrogens is 3. The van der Waals surface area contributed by atoms with Gasteiger partial charge in [-0.25, -0.2) is 18.3 Å². The van der Waals surface area contributed by atoms with Crippen molar-refractivity contribution in [2.75, 3.05) is 88.4 Å². The minimum Gasteiger partial charge on any atom is -0.492 e. The number of ether oxygens (including phenoxy) is 1. The van der Waals surface area contributed by atoms with Crippen molar-refractivity contribution in [1.29, 1.82) is 5.26 Å². The van der Waals surface area contributed by atoms with E-state index in [1.54, 1.807) is 21.8 Å². The molecule has 5 aliphatic heterocycles. The normalized spacial score (nSPS) is 24.5. The molecule has 8 heterocycles. The lowest BCUT2D eigenvalue weighted by molar-refractivity contribution is -0.155. The zero-order valence-corrected chi connectivity index (χ0v) is 43.2. The molecule has 0 bridgehead atoms. The number of nitrogens with zero attached hydrogens (tertiary/aromatic N) is 10. The third kappa shape index (κ3) is 9.61. The summed E-state index contributed by atoms with van der Waals surface area (Å²) in [7, 11) is 0. The van der Waals surface area contributed by atoms with E-state index in [1.807, 2.05) is 42.2 Å². The van der Waals surface area contributed by atoms with Crippen LogP contribution in [0.5, 0.6) is 5.75 Å². The molecule has 3 aromatic heterocycles. The number of amides is 5. The van der Waals surface area contributed by atoms with Crippen LogP contribution in [0.15, 0.2) is 73.2 Å². The number of anilines is 2. The maximum Gasteiger partial charge on any atom is 0.255 e. The first-order chi connectivity index (χ1) is 37.3. The van der Waals surface area contributed by atoms with Gasteiger partial charge in [-0.1, -0.05) is 0 Å². The van der Waals surface area contributed by atoms with Crippen LogP contribution in [0.25, 0.3) is 16.6 Å². The quantitative estimate of drug-likeness (QED) is 0.159. The van der Waals surface area contributed by atoms with Crippen LogP contribution in [-0.4, -0.2) is 160 Å². The minimum absolute atomic E-state index is 0.0260. The number of carbonyl (C=O) groups excluding carboxylic acids is 5. The lowest BCUT2D eigenvalue weighted by Crippen LogP contribution is -2.64. The number of carbonyl (C=O) groups is 5.